The highest BCUT2D eigenvalue weighted by Gasteiger charge is 2.32. The lowest BCUT2D eigenvalue weighted by molar-refractivity contribution is 0.0178. The van der Waals surface area contributed by atoms with Gasteiger partial charge in [0.15, 0.2) is 9.84 Å². The molecule has 1 N–H and O–H groups in total. The third-order valence-corrected chi connectivity index (χ3v) is 6.25. The van der Waals surface area contributed by atoms with Crippen LogP contribution in [0.15, 0.2) is 33.6 Å². The first-order valence-corrected chi connectivity index (χ1v) is 9.65. The van der Waals surface area contributed by atoms with Gasteiger partial charge in [0.25, 0.3) is 0 Å². The summed E-state index contributed by atoms with van der Waals surface area (Å²) in [6, 6.07) is 6.70. The first-order chi connectivity index (χ1) is 9.81. The molecule has 0 bridgehead atoms. The molecule has 4 nitrogen and oxygen atoms in total. The van der Waals surface area contributed by atoms with Gasteiger partial charge in [-0.15, -0.1) is 0 Å². The van der Waals surface area contributed by atoms with Crippen molar-refractivity contribution in [1.29, 1.82) is 0 Å². The predicted octanol–water partition coefficient (Wildman–Crippen LogP) is 2.46. The Hall–Kier alpha value is -0.430. The molecule has 0 aliphatic heterocycles. The molecule has 1 saturated carbocycles. The smallest absolute Gasteiger partial charge is 0.179 e. The first kappa shape index (κ1) is 16.9. The van der Waals surface area contributed by atoms with Crippen LogP contribution in [-0.4, -0.2) is 49.9 Å². The number of hydrogen-bond donors (Lipinski definition) is 1. The van der Waals surface area contributed by atoms with Gasteiger partial charge < -0.3 is 10.0 Å². The van der Waals surface area contributed by atoms with E-state index in [-0.39, 0.29) is 5.75 Å². The lowest BCUT2D eigenvalue weighted by Crippen LogP contribution is -2.40. The van der Waals surface area contributed by atoms with Gasteiger partial charge in [-0.1, -0.05) is 28.8 Å². The quantitative estimate of drug-likeness (QED) is 0.829. The van der Waals surface area contributed by atoms with E-state index < -0.39 is 15.4 Å². The maximum atomic E-state index is 12.3. The monoisotopic (exact) mass is 375 g/mol. The Morgan fingerprint density at radius 1 is 1.24 bits per heavy atom. The van der Waals surface area contributed by atoms with Gasteiger partial charge in [0, 0.05) is 17.6 Å². The van der Waals surface area contributed by atoms with E-state index in [0.29, 0.717) is 18.0 Å². The van der Waals surface area contributed by atoms with E-state index in [1.165, 1.54) is 0 Å². The molecule has 1 aromatic carbocycles. The van der Waals surface area contributed by atoms with Crippen LogP contribution >= 0.6 is 15.9 Å². The minimum absolute atomic E-state index is 0.0706. The van der Waals surface area contributed by atoms with Crippen molar-refractivity contribution in [1.82, 2.24) is 4.90 Å². The van der Waals surface area contributed by atoms with E-state index in [2.05, 4.69) is 15.9 Å². The van der Waals surface area contributed by atoms with Gasteiger partial charge in [-0.05, 0) is 44.2 Å². The van der Waals surface area contributed by atoms with Crippen LogP contribution in [-0.2, 0) is 9.84 Å². The van der Waals surface area contributed by atoms with Crippen LogP contribution in [0.1, 0.15) is 25.7 Å². The van der Waals surface area contributed by atoms with Crippen molar-refractivity contribution in [3.05, 3.63) is 28.7 Å². The Balaban J connectivity index is 1.90. The molecule has 0 aromatic heterocycles. The van der Waals surface area contributed by atoms with Crippen LogP contribution in [0.25, 0.3) is 0 Å². The fourth-order valence-corrected chi connectivity index (χ4v) is 4.41. The molecule has 21 heavy (non-hydrogen) atoms. The standard InChI is InChI=1S/C15H22BrNO3S/c1-17(12-15(18)8-2-3-9-15)10-11-21(19,20)14-6-4-13(16)5-7-14/h4-7,18H,2-3,8-12H2,1H3. The van der Waals surface area contributed by atoms with Gasteiger partial charge in [0.1, 0.15) is 0 Å². The van der Waals surface area contributed by atoms with E-state index in [1.54, 1.807) is 24.3 Å². The van der Waals surface area contributed by atoms with Crippen LogP contribution < -0.4 is 0 Å². The number of likely N-dealkylation sites (N-methyl/N-ethyl adjacent to an activating group) is 1. The zero-order chi connectivity index (χ0) is 15.5. The third kappa shape index (κ3) is 4.77. The molecule has 0 atom stereocenters. The Labute approximate surface area is 135 Å². The van der Waals surface area contributed by atoms with Gasteiger partial charge in [-0.25, -0.2) is 8.42 Å². The van der Waals surface area contributed by atoms with Gasteiger partial charge in [0.05, 0.1) is 16.2 Å². The number of sulfone groups is 1. The summed E-state index contributed by atoms with van der Waals surface area (Å²) >= 11 is 3.30. The summed E-state index contributed by atoms with van der Waals surface area (Å²) < 4.78 is 25.4. The fraction of sp³-hybridized carbons (Fsp3) is 0.600. The highest BCUT2D eigenvalue weighted by atomic mass is 79.9. The van der Waals surface area contributed by atoms with Crippen LogP contribution in [0.5, 0.6) is 0 Å². The summed E-state index contributed by atoms with van der Waals surface area (Å²) in [6.45, 7) is 0.976. The number of hydrogen-bond acceptors (Lipinski definition) is 4. The van der Waals surface area contributed by atoms with Crippen molar-refractivity contribution in [2.45, 2.75) is 36.2 Å². The Bertz CT molecular complexity index is 565. The Morgan fingerprint density at radius 2 is 1.81 bits per heavy atom. The largest absolute Gasteiger partial charge is 0.389 e. The van der Waals surface area contributed by atoms with Crippen molar-refractivity contribution in [3.8, 4) is 0 Å². The molecule has 1 aromatic rings. The molecule has 1 aliphatic carbocycles. The van der Waals surface area contributed by atoms with Crippen LogP contribution in [0.2, 0.25) is 0 Å². The molecule has 1 fully saturated rings. The first-order valence-electron chi connectivity index (χ1n) is 7.20. The normalized spacial score (nSPS) is 18.3. The number of aliphatic hydroxyl groups is 1. The molecule has 0 unspecified atom stereocenters. The molecule has 118 valence electrons. The van der Waals surface area contributed by atoms with E-state index in [9.17, 15) is 13.5 Å². The average Bonchev–Trinajstić information content (AvgIpc) is 2.83. The topological polar surface area (TPSA) is 57.6 Å². The second-order valence-electron chi connectivity index (χ2n) is 5.94. The zero-order valence-electron chi connectivity index (χ0n) is 12.3. The molecular formula is C15H22BrNO3S. The number of benzene rings is 1. The van der Waals surface area contributed by atoms with E-state index >= 15 is 0 Å². The summed E-state index contributed by atoms with van der Waals surface area (Å²) in [5.41, 5.74) is -0.629. The molecule has 0 saturated heterocycles. The maximum absolute atomic E-state index is 12.3. The molecule has 0 heterocycles. The van der Waals surface area contributed by atoms with Gasteiger partial charge in [0.2, 0.25) is 0 Å². The fourth-order valence-electron chi connectivity index (χ4n) is 2.81. The summed E-state index contributed by atoms with van der Waals surface area (Å²) in [4.78, 5) is 2.26. The summed E-state index contributed by atoms with van der Waals surface area (Å²) in [7, 11) is -1.40. The molecule has 6 heteroatoms. The Morgan fingerprint density at radius 3 is 2.38 bits per heavy atom. The zero-order valence-corrected chi connectivity index (χ0v) is 14.7. The van der Waals surface area contributed by atoms with E-state index in [4.69, 9.17) is 0 Å². The minimum atomic E-state index is -3.27. The highest BCUT2D eigenvalue weighted by Crippen LogP contribution is 2.29. The summed E-state index contributed by atoms with van der Waals surface area (Å²) in [5.74, 6) is 0.0706. The molecule has 0 amide bonds. The van der Waals surface area contributed by atoms with Crippen LogP contribution in [0.4, 0.5) is 0 Å². The van der Waals surface area contributed by atoms with Crippen molar-refractivity contribution in [2.24, 2.45) is 0 Å². The van der Waals surface area contributed by atoms with Crippen LogP contribution in [0, 0.1) is 0 Å². The second kappa shape index (κ2) is 6.77. The minimum Gasteiger partial charge on any atom is -0.389 e. The Kier molecular flexibility index (Phi) is 5.46. The van der Waals surface area contributed by atoms with Gasteiger partial charge >= 0.3 is 0 Å². The summed E-state index contributed by atoms with van der Waals surface area (Å²) in [6.07, 6.45) is 3.75. The van der Waals surface area contributed by atoms with Crippen molar-refractivity contribution < 1.29 is 13.5 Å². The van der Waals surface area contributed by atoms with E-state index in [1.807, 2.05) is 11.9 Å². The second-order valence-corrected chi connectivity index (χ2v) is 8.97. The molecule has 0 radical (unpaired) electrons. The van der Waals surface area contributed by atoms with Crippen molar-refractivity contribution in [3.63, 3.8) is 0 Å². The SMILES string of the molecule is CN(CCS(=O)(=O)c1ccc(Br)cc1)CC1(O)CCCC1. The van der Waals surface area contributed by atoms with Crippen LogP contribution in [0.3, 0.4) is 0 Å². The number of halogens is 1. The van der Waals surface area contributed by atoms with Crippen molar-refractivity contribution in [2.75, 3.05) is 25.9 Å². The average molecular weight is 376 g/mol. The van der Waals surface area contributed by atoms with E-state index in [0.717, 1.165) is 30.2 Å². The lowest BCUT2D eigenvalue weighted by Gasteiger charge is -2.28. The maximum Gasteiger partial charge on any atom is 0.179 e. The molecular weight excluding hydrogens is 354 g/mol. The third-order valence-electron chi connectivity index (χ3n) is 4.01. The van der Waals surface area contributed by atoms with Gasteiger partial charge in [-0.2, -0.15) is 0 Å². The molecule has 2 rings (SSSR count). The summed E-state index contributed by atoms with van der Waals surface area (Å²) in [5, 5.41) is 10.3. The predicted molar refractivity (Wildman–Crippen MR) is 87.1 cm³/mol. The number of nitrogens with zero attached hydrogens (tertiary/aromatic N) is 1. The van der Waals surface area contributed by atoms with Crippen molar-refractivity contribution >= 4 is 25.8 Å². The lowest BCUT2D eigenvalue weighted by atomic mass is 10.0. The highest BCUT2D eigenvalue weighted by molar-refractivity contribution is 9.10. The molecule has 1 aliphatic rings. The van der Waals surface area contributed by atoms with Gasteiger partial charge in [-0.3, -0.25) is 0 Å². The number of rotatable bonds is 6. The molecule has 0 spiro atoms.